The quantitative estimate of drug-likeness (QED) is 0.755. The molecule has 138 valence electrons. The number of H-pyrrole nitrogens is 1. The van der Waals surface area contributed by atoms with Crippen molar-refractivity contribution in [1.82, 2.24) is 9.88 Å². The van der Waals surface area contributed by atoms with Crippen molar-refractivity contribution in [3.8, 4) is 5.75 Å². The fourth-order valence-electron chi connectivity index (χ4n) is 3.53. The summed E-state index contributed by atoms with van der Waals surface area (Å²) in [5, 5.41) is 1.01. The summed E-state index contributed by atoms with van der Waals surface area (Å²) in [6.07, 6.45) is 5.20. The monoisotopic (exact) mass is 364 g/mol. The van der Waals surface area contributed by atoms with Gasteiger partial charge in [0.15, 0.2) is 0 Å². The predicted molar refractivity (Wildman–Crippen MR) is 104 cm³/mol. The summed E-state index contributed by atoms with van der Waals surface area (Å²) in [5.74, 6) is 0.663. The van der Waals surface area contributed by atoms with Crippen molar-refractivity contribution < 1.29 is 13.9 Å². The normalized spacial score (nSPS) is 14.3. The first-order chi connectivity index (χ1) is 13.1. The first kappa shape index (κ1) is 17.3. The number of fused-ring (bicyclic) bond motifs is 1. The number of methoxy groups -OCH3 is 1. The van der Waals surface area contributed by atoms with Crippen LogP contribution < -0.4 is 4.74 Å². The first-order valence-corrected chi connectivity index (χ1v) is 9.01. The van der Waals surface area contributed by atoms with Crippen molar-refractivity contribution in [1.29, 1.82) is 0 Å². The second-order valence-corrected chi connectivity index (χ2v) is 6.74. The van der Waals surface area contributed by atoms with Gasteiger partial charge in [-0.1, -0.05) is 18.2 Å². The number of nitrogens with zero attached hydrogens (tertiary/aromatic N) is 1. The number of aromatic amines is 1. The van der Waals surface area contributed by atoms with Gasteiger partial charge in [-0.15, -0.1) is 0 Å². The summed E-state index contributed by atoms with van der Waals surface area (Å²) < 4.78 is 18.5. The molecule has 0 aliphatic carbocycles. The van der Waals surface area contributed by atoms with E-state index in [1.165, 1.54) is 17.7 Å². The van der Waals surface area contributed by atoms with E-state index in [2.05, 4.69) is 11.1 Å². The molecule has 0 saturated heterocycles. The van der Waals surface area contributed by atoms with Crippen LogP contribution in [0.2, 0.25) is 0 Å². The van der Waals surface area contributed by atoms with Gasteiger partial charge in [0.25, 0.3) is 0 Å². The van der Waals surface area contributed by atoms with Crippen molar-refractivity contribution in [3.63, 3.8) is 0 Å². The molecular formula is C22H21FN2O2. The molecule has 1 aromatic heterocycles. The molecule has 5 heteroatoms. The molecule has 4 nitrogen and oxygen atoms in total. The highest BCUT2D eigenvalue weighted by molar-refractivity contribution is 5.93. The Balaban J connectivity index is 1.44. The molecule has 0 radical (unpaired) electrons. The van der Waals surface area contributed by atoms with Crippen LogP contribution in [0.3, 0.4) is 0 Å². The number of amides is 1. The van der Waals surface area contributed by atoms with Gasteiger partial charge in [0, 0.05) is 35.8 Å². The lowest BCUT2D eigenvalue weighted by atomic mass is 9.98. The Morgan fingerprint density at radius 1 is 1.22 bits per heavy atom. The SMILES string of the molecule is COc1ccc(CC(=O)N2CC=C(c3c[nH]c4cc(F)ccc34)CC2)cc1. The molecule has 0 bridgehead atoms. The average molecular weight is 364 g/mol. The standard InChI is InChI=1S/C22H21FN2O2/c1-27-18-5-2-15(3-6-18)12-22(26)25-10-8-16(9-11-25)20-14-24-21-13-17(23)4-7-19(20)21/h2-8,13-14,24H,9-12H2,1H3. The highest BCUT2D eigenvalue weighted by atomic mass is 19.1. The summed E-state index contributed by atoms with van der Waals surface area (Å²) >= 11 is 0. The molecule has 3 aromatic rings. The molecule has 0 saturated carbocycles. The van der Waals surface area contributed by atoms with Crippen LogP contribution >= 0.6 is 0 Å². The number of benzene rings is 2. The van der Waals surface area contributed by atoms with E-state index in [1.54, 1.807) is 13.2 Å². The van der Waals surface area contributed by atoms with E-state index in [0.29, 0.717) is 19.5 Å². The number of nitrogens with one attached hydrogen (secondary N) is 1. The Morgan fingerprint density at radius 3 is 2.74 bits per heavy atom. The third-order valence-corrected chi connectivity index (χ3v) is 5.07. The molecule has 0 atom stereocenters. The minimum absolute atomic E-state index is 0.122. The second-order valence-electron chi connectivity index (χ2n) is 6.74. The third-order valence-electron chi connectivity index (χ3n) is 5.07. The zero-order valence-corrected chi connectivity index (χ0v) is 15.2. The van der Waals surface area contributed by atoms with Crippen molar-refractivity contribution in [2.24, 2.45) is 0 Å². The fourth-order valence-corrected chi connectivity index (χ4v) is 3.53. The molecule has 2 aromatic carbocycles. The van der Waals surface area contributed by atoms with E-state index in [1.807, 2.05) is 35.4 Å². The van der Waals surface area contributed by atoms with Crippen molar-refractivity contribution >= 4 is 22.4 Å². The van der Waals surface area contributed by atoms with Crippen LogP contribution in [-0.2, 0) is 11.2 Å². The van der Waals surface area contributed by atoms with Gasteiger partial charge in [0.05, 0.1) is 13.5 Å². The molecule has 1 N–H and O–H groups in total. The lowest BCUT2D eigenvalue weighted by Gasteiger charge is -2.26. The van der Waals surface area contributed by atoms with Crippen LogP contribution in [0.25, 0.3) is 16.5 Å². The number of hydrogen-bond donors (Lipinski definition) is 1. The zero-order chi connectivity index (χ0) is 18.8. The van der Waals surface area contributed by atoms with E-state index in [4.69, 9.17) is 4.74 Å². The maximum Gasteiger partial charge on any atom is 0.227 e. The number of halogens is 1. The Bertz CT molecular complexity index is 1000. The summed E-state index contributed by atoms with van der Waals surface area (Å²) in [5.41, 5.74) is 4.06. The van der Waals surface area contributed by atoms with E-state index >= 15 is 0 Å². The van der Waals surface area contributed by atoms with Gasteiger partial charge in [-0.3, -0.25) is 4.79 Å². The number of rotatable bonds is 4. The minimum Gasteiger partial charge on any atom is -0.497 e. The van der Waals surface area contributed by atoms with Crippen LogP contribution in [0.15, 0.2) is 54.7 Å². The van der Waals surface area contributed by atoms with E-state index in [0.717, 1.165) is 34.2 Å². The smallest absolute Gasteiger partial charge is 0.227 e. The number of ether oxygens (including phenoxy) is 1. The Kier molecular flexibility index (Phi) is 4.67. The number of carbonyl (C=O) groups excluding carboxylic acids is 1. The molecule has 1 amide bonds. The zero-order valence-electron chi connectivity index (χ0n) is 15.2. The fraction of sp³-hybridized carbons (Fsp3) is 0.227. The van der Waals surface area contributed by atoms with Crippen LogP contribution in [0.5, 0.6) is 5.75 Å². The molecule has 27 heavy (non-hydrogen) atoms. The molecule has 1 aliphatic heterocycles. The van der Waals surface area contributed by atoms with Gasteiger partial charge in [-0.2, -0.15) is 0 Å². The minimum atomic E-state index is -0.246. The average Bonchev–Trinajstić information content (AvgIpc) is 3.11. The van der Waals surface area contributed by atoms with Gasteiger partial charge < -0.3 is 14.6 Å². The van der Waals surface area contributed by atoms with Gasteiger partial charge in [0.2, 0.25) is 5.91 Å². The maximum atomic E-state index is 13.4. The van der Waals surface area contributed by atoms with E-state index in [-0.39, 0.29) is 11.7 Å². The predicted octanol–water partition coefficient (Wildman–Crippen LogP) is 4.17. The molecule has 0 spiro atoms. The first-order valence-electron chi connectivity index (χ1n) is 9.01. The van der Waals surface area contributed by atoms with E-state index < -0.39 is 0 Å². The maximum absolute atomic E-state index is 13.4. The topological polar surface area (TPSA) is 45.3 Å². The van der Waals surface area contributed by atoms with Gasteiger partial charge in [-0.25, -0.2) is 4.39 Å². The van der Waals surface area contributed by atoms with Crippen LogP contribution in [0, 0.1) is 5.82 Å². The Labute approximate surface area is 157 Å². The highest BCUT2D eigenvalue weighted by Crippen LogP contribution is 2.29. The van der Waals surface area contributed by atoms with Gasteiger partial charge >= 0.3 is 0 Å². The summed E-state index contributed by atoms with van der Waals surface area (Å²) in [6.45, 7) is 1.28. The van der Waals surface area contributed by atoms with Gasteiger partial charge in [0.1, 0.15) is 11.6 Å². The molecule has 0 fully saturated rings. The number of hydrogen-bond acceptors (Lipinski definition) is 2. The second kappa shape index (κ2) is 7.27. The van der Waals surface area contributed by atoms with Crippen LogP contribution in [-0.4, -0.2) is 36.0 Å². The number of carbonyl (C=O) groups is 1. The highest BCUT2D eigenvalue weighted by Gasteiger charge is 2.19. The summed E-state index contributed by atoms with van der Waals surface area (Å²) in [4.78, 5) is 17.6. The Hall–Kier alpha value is -3.08. The van der Waals surface area contributed by atoms with Gasteiger partial charge in [-0.05, 0) is 47.9 Å². The molecular weight excluding hydrogens is 343 g/mol. The van der Waals surface area contributed by atoms with Crippen molar-refractivity contribution in [2.75, 3.05) is 20.2 Å². The van der Waals surface area contributed by atoms with Crippen molar-refractivity contribution in [2.45, 2.75) is 12.8 Å². The van der Waals surface area contributed by atoms with E-state index in [9.17, 15) is 9.18 Å². The number of aromatic nitrogens is 1. The van der Waals surface area contributed by atoms with Crippen molar-refractivity contribution in [3.05, 3.63) is 71.7 Å². The van der Waals surface area contributed by atoms with Crippen LogP contribution in [0.4, 0.5) is 4.39 Å². The Morgan fingerprint density at radius 2 is 2.04 bits per heavy atom. The molecule has 0 unspecified atom stereocenters. The molecule has 4 rings (SSSR count). The summed E-state index contributed by atoms with van der Waals surface area (Å²) in [7, 11) is 1.63. The largest absolute Gasteiger partial charge is 0.497 e. The summed E-state index contributed by atoms with van der Waals surface area (Å²) in [6, 6.07) is 12.4. The van der Waals surface area contributed by atoms with Crippen LogP contribution in [0.1, 0.15) is 17.5 Å². The lowest BCUT2D eigenvalue weighted by Crippen LogP contribution is -2.35. The molecule has 1 aliphatic rings. The molecule has 2 heterocycles. The third kappa shape index (κ3) is 3.58. The lowest BCUT2D eigenvalue weighted by molar-refractivity contribution is -0.130.